The van der Waals surface area contributed by atoms with Crippen LogP contribution >= 0.6 is 0 Å². The molecule has 0 unspecified atom stereocenters. The van der Waals surface area contributed by atoms with Crippen LogP contribution < -0.4 is 20.5 Å². The van der Waals surface area contributed by atoms with Gasteiger partial charge in [-0.05, 0) is 74.8 Å². The quantitative estimate of drug-likeness (QED) is 0.274. The van der Waals surface area contributed by atoms with Crippen molar-refractivity contribution < 1.29 is 17.9 Å². The van der Waals surface area contributed by atoms with Crippen molar-refractivity contribution in [3.05, 3.63) is 66.2 Å². The molecule has 6 rings (SSSR count). The number of likely N-dealkylation sites (tertiary alicyclic amines) is 1. The summed E-state index contributed by atoms with van der Waals surface area (Å²) in [5.41, 5.74) is 4.44. The summed E-state index contributed by atoms with van der Waals surface area (Å²) in [6, 6.07) is 17.7. The van der Waals surface area contributed by atoms with Crippen molar-refractivity contribution in [3.63, 3.8) is 0 Å². The Balaban J connectivity index is 1.20. The number of anilines is 2. The number of nitrogens with one attached hydrogen (secondary N) is 2. The summed E-state index contributed by atoms with van der Waals surface area (Å²) >= 11 is 0. The maximum absolute atomic E-state index is 12.6. The van der Waals surface area contributed by atoms with Crippen molar-refractivity contribution >= 4 is 38.6 Å². The highest BCUT2D eigenvalue weighted by atomic mass is 32.2. The molecule has 12 heteroatoms. The molecule has 1 atom stereocenters. The number of hydrogen-bond donors (Lipinski definition) is 3. The van der Waals surface area contributed by atoms with Crippen molar-refractivity contribution in [2.45, 2.75) is 36.8 Å². The molecule has 1 saturated heterocycles. The van der Waals surface area contributed by atoms with Crippen LogP contribution in [0, 0.1) is 5.92 Å². The molecule has 2 aromatic carbocycles. The number of carbonyl (C=O) groups is 1. The van der Waals surface area contributed by atoms with E-state index < -0.39 is 10.0 Å². The lowest BCUT2D eigenvalue weighted by Gasteiger charge is -2.13. The smallest absolute Gasteiger partial charge is 0.245 e. The summed E-state index contributed by atoms with van der Waals surface area (Å²) in [6.45, 7) is 2.10. The summed E-state index contributed by atoms with van der Waals surface area (Å²) in [7, 11) is -1.71. The molecule has 1 aliphatic heterocycles. The Morgan fingerprint density at radius 3 is 2.41 bits per heavy atom. The molecule has 2 aromatic heterocycles. The lowest BCUT2D eigenvalue weighted by Crippen LogP contribution is -2.25. The Labute approximate surface area is 238 Å². The van der Waals surface area contributed by atoms with E-state index >= 15 is 0 Å². The maximum Gasteiger partial charge on any atom is 0.245 e. The first kappa shape index (κ1) is 27.1. The van der Waals surface area contributed by atoms with E-state index in [-0.39, 0.29) is 22.8 Å². The second kappa shape index (κ2) is 11.0. The van der Waals surface area contributed by atoms with Gasteiger partial charge in [0.25, 0.3) is 0 Å². The number of amides is 1. The van der Waals surface area contributed by atoms with Crippen LogP contribution in [-0.2, 0) is 21.4 Å². The molecule has 11 nitrogen and oxygen atoms in total. The molecule has 1 aliphatic carbocycles. The molecule has 0 spiro atoms. The van der Waals surface area contributed by atoms with Crippen LogP contribution in [0.2, 0.25) is 0 Å². The molecular formula is C29H31N7O4S. The third-order valence-corrected chi connectivity index (χ3v) is 8.16. The number of ether oxygens (including phenoxy) is 1. The average molecular weight is 574 g/mol. The number of carbonyl (C=O) groups excluding carboxylic acids is 1. The standard InChI is InChI=1S/C29H31N7O4S/c1-36-15-14-20(17-36)27(37)32-21-6-4-19(5-7-21)24-12-13-25-26(33-24)28(40-22-8-9-22)35-29(34-25)31-16-18-2-10-23(11-3-18)41(30,38)39/h2-7,10-13,20,22H,8-9,14-17H2,1H3,(H,32,37)(H2,30,38,39)(H,31,34,35)/t20-/m0/s1. The molecule has 0 bridgehead atoms. The van der Waals surface area contributed by atoms with Gasteiger partial charge in [-0.25, -0.2) is 23.5 Å². The molecular weight excluding hydrogens is 542 g/mol. The number of benzene rings is 2. The first-order valence-electron chi connectivity index (χ1n) is 13.5. The Morgan fingerprint density at radius 2 is 1.76 bits per heavy atom. The highest BCUT2D eigenvalue weighted by Crippen LogP contribution is 2.32. The van der Waals surface area contributed by atoms with Crippen molar-refractivity contribution in [1.29, 1.82) is 0 Å². The molecule has 1 saturated carbocycles. The molecule has 41 heavy (non-hydrogen) atoms. The van der Waals surface area contributed by atoms with E-state index in [1.165, 1.54) is 12.1 Å². The first-order valence-corrected chi connectivity index (χ1v) is 15.1. The zero-order valence-electron chi connectivity index (χ0n) is 22.6. The summed E-state index contributed by atoms with van der Waals surface area (Å²) in [6.07, 6.45) is 2.92. The zero-order chi connectivity index (χ0) is 28.6. The van der Waals surface area contributed by atoms with Gasteiger partial charge < -0.3 is 20.3 Å². The average Bonchev–Trinajstić information content (AvgIpc) is 3.67. The molecule has 0 radical (unpaired) electrons. The SMILES string of the molecule is CN1CC[C@H](C(=O)Nc2ccc(-c3ccc4nc(NCc5ccc(S(N)(=O)=O)cc5)nc(OC5CC5)c4n3)cc2)C1. The summed E-state index contributed by atoms with van der Waals surface area (Å²) in [5, 5.41) is 11.4. The molecule has 212 valence electrons. The number of rotatable bonds is 9. The van der Waals surface area contributed by atoms with Gasteiger partial charge in [-0.3, -0.25) is 4.79 Å². The predicted octanol–water partition coefficient (Wildman–Crippen LogP) is 3.38. The fourth-order valence-corrected chi connectivity index (χ4v) is 5.26. The maximum atomic E-state index is 12.6. The van der Waals surface area contributed by atoms with Crippen LogP contribution in [0.1, 0.15) is 24.8 Å². The normalized spacial score (nSPS) is 17.5. The Kier molecular flexibility index (Phi) is 7.28. The van der Waals surface area contributed by atoms with Gasteiger partial charge in [0, 0.05) is 24.3 Å². The number of nitrogens with two attached hydrogens (primary N) is 1. The van der Waals surface area contributed by atoms with Crippen LogP contribution in [-0.4, -0.2) is 60.4 Å². The number of sulfonamides is 1. The van der Waals surface area contributed by atoms with Gasteiger partial charge in [-0.15, -0.1) is 0 Å². The highest BCUT2D eigenvalue weighted by molar-refractivity contribution is 7.89. The third-order valence-electron chi connectivity index (χ3n) is 7.23. The predicted molar refractivity (Wildman–Crippen MR) is 156 cm³/mol. The Hall–Kier alpha value is -4.13. The fourth-order valence-electron chi connectivity index (χ4n) is 4.75. The largest absolute Gasteiger partial charge is 0.473 e. The lowest BCUT2D eigenvalue weighted by molar-refractivity contribution is -0.119. The number of pyridine rings is 1. The minimum Gasteiger partial charge on any atom is -0.473 e. The summed E-state index contributed by atoms with van der Waals surface area (Å²) in [5.74, 6) is 0.861. The van der Waals surface area contributed by atoms with Crippen molar-refractivity contribution in [3.8, 4) is 17.1 Å². The monoisotopic (exact) mass is 573 g/mol. The van der Waals surface area contributed by atoms with E-state index in [1.807, 2.05) is 43.4 Å². The van der Waals surface area contributed by atoms with Crippen molar-refractivity contribution in [2.24, 2.45) is 11.1 Å². The van der Waals surface area contributed by atoms with Gasteiger partial charge in [-0.2, -0.15) is 4.98 Å². The van der Waals surface area contributed by atoms with Crippen molar-refractivity contribution in [1.82, 2.24) is 19.9 Å². The Bertz CT molecular complexity index is 1690. The van der Waals surface area contributed by atoms with E-state index in [0.717, 1.165) is 54.9 Å². The van der Waals surface area contributed by atoms with Gasteiger partial charge in [-0.1, -0.05) is 24.3 Å². The van der Waals surface area contributed by atoms with E-state index in [4.69, 9.17) is 14.9 Å². The number of nitrogens with zero attached hydrogens (tertiary/aromatic N) is 4. The molecule has 2 aliphatic rings. The van der Waals surface area contributed by atoms with Gasteiger partial charge in [0.2, 0.25) is 27.8 Å². The summed E-state index contributed by atoms with van der Waals surface area (Å²) in [4.78, 5) is 28.9. The molecule has 3 heterocycles. The fraction of sp³-hybridized carbons (Fsp3) is 0.310. The van der Waals surface area contributed by atoms with E-state index in [2.05, 4.69) is 25.5 Å². The number of hydrogen-bond acceptors (Lipinski definition) is 9. The van der Waals surface area contributed by atoms with E-state index in [0.29, 0.717) is 29.4 Å². The highest BCUT2D eigenvalue weighted by Gasteiger charge is 2.27. The molecule has 4 N–H and O–H groups in total. The van der Waals surface area contributed by atoms with Crippen LogP contribution in [0.4, 0.5) is 11.6 Å². The van der Waals surface area contributed by atoms with Crippen LogP contribution in [0.15, 0.2) is 65.6 Å². The number of aromatic nitrogens is 3. The second-order valence-electron chi connectivity index (χ2n) is 10.6. The van der Waals surface area contributed by atoms with Crippen molar-refractivity contribution in [2.75, 3.05) is 30.8 Å². The summed E-state index contributed by atoms with van der Waals surface area (Å²) < 4.78 is 29.1. The topological polar surface area (TPSA) is 152 Å². The molecule has 4 aromatic rings. The lowest BCUT2D eigenvalue weighted by atomic mass is 10.1. The van der Waals surface area contributed by atoms with E-state index in [9.17, 15) is 13.2 Å². The number of fused-ring (bicyclic) bond motifs is 1. The van der Waals surface area contributed by atoms with Crippen LogP contribution in [0.5, 0.6) is 5.88 Å². The van der Waals surface area contributed by atoms with Crippen LogP contribution in [0.3, 0.4) is 0 Å². The minimum atomic E-state index is -3.74. The zero-order valence-corrected chi connectivity index (χ0v) is 23.4. The third kappa shape index (κ3) is 6.45. The van der Waals surface area contributed by atoms with Gasteiger partial charge in [0.15, 0.2) is 5.52 Å². The minimum absolute atomic E-state index is 0.0154. The van der Waals surface area contributed by atoms with Gasteiger partial charge >= 0.3 is 0 Å². The number of primary sulfonamides is 1. The Morgan fingerprint density at radius 1 is 1.00 bits per heavy atom. The molecule has 2 fully saturated rings. The van der Waals surface area contributed by atoms with Gasteiger partial charge in [0.1, 0.15) is 6.10 Å². The van der Waals surface area contributed by atoms with Crippen LogP contribution in [0.25, 0.3) is 22.3 Å². The van der Waals surface area contributed by atoms with Gasteiger partial charge in [0.05, 0.1) is 22.0 Å². The first-order chi connectivity index (χ1) is 19.7. The van der Waals surface area contributed by atoms with E-state index in [1.54, 1.807) is 12.1 Å². The molecule has 1 amide bonds. The second-order valence-corrected chi connectivity index (χ2v) is 12.2.